The van der Waals surface area contributed by atoms with Crippen LogP contribution in [0.4, 0.5) is 0 Å². The van der Waals surface area contributed by atoms with Crippen molar-refractivity contribution in [2.24, 2.45) is 5.41 Å². The fourth-order valence-corrected chi connectivity index (χ4v) is 3.80. The number of aliphatic carboxylic acids is 1. The number of carbonyl (C=O) groups is 2. The zero-order valence-electron chi connectivity index (χ0n) is 15.2. The SMILES string of the molecule is COCC1(C(=O)O)CCCN(C(=O)c2cc(-c3ccccc3)ccc2Cl)C1. The summed E-state index contributed by atoms with van der Waals surface area (Å²) < 4.78 is 5.14. The molecule has 1 saturated heterocycles. The third-order valence-electron chi connectivity index (χ3n) is 5.04. The van der Waals surface area contributed by atoms with Gasteiger partial charge in [-0.05, 0) is 36.1 Å². The maximum Gasteiger partial charge on any atom is 0.313 e. The van der Waals surface area contributed by atoms with Crippen molar-refractivity contribution >= 4 is 23.5 Å². The summed E-state index contributed by atoms with van der Waals surface area (Å²) in [5.41, 5.74) is 1.19. The lowest BCUT2D eigenvalue weighted by molar-refractivity contribution is -0.155. The Morgan fingerprint density at radius 2 is 1.93 bits per heavy atom. The molecule has 1 N–H and O–H groups in total. The van der Waals surface area contributed by atoms with E-state index in [0.717, 1.165) is 11.1 Å². The summed E-state index contributed by atoms with van der Waals surface area (Å²) in [6.45, 7) is 0.689. The summed E-state index contributed by atoms with van der Waals surface area (Å²) in [7, 11) is 1.48. The van der Waals surface area contributed by atoms with Gasteiger partial charge in [0.25, 0.3) is 5.91 Å². The maximum atomic E-state index is 13.1. The van der Waals surface area contributed by atoms with Crippen LogP contribution in [0.3, 0.4) is 0 Å². The van der Waals surface area contributed by atoms with Crippen LogP contribution in [0.1, 0.15) is 23.2 Å². The highest BCUT2D eigenvalue weighted by molar-refractivity contribution is 6.34. The van der Waals surface area contributed by atoms with Crippen molar-refractivity contribution in [1.82, 2.24) is 4.90 Å². The molecule has 142 valence electrons. The van der Waals surface area contributed by atoms with E-state index in [1.165, 1.54) is 7.11 Å². The molecule has 1 heterocycles. The molecule has 0 radical (unpaired) electrons. The predicted octanol–water partition coefficient (Wildman–Crippen LogP) is 3.96. The van der Waals surface area contributed by atoms with E-state index in [2.05, 4.69) is 0 Å². The van der Waals surface area contributed by atoms with E-state index in [1.54, 1.807) is 17.0 Å². The van der Waals surface area contributed by atoms with Crippen LogP contribution in [0, 0.1) is 5.41 Å². The normalized spacial score (nSPS) is 19.7. The Kier molecular flexibility index (Phi) is 5.82. The Balaban J connectivity index is 1.90. The number of carboxylic acid groups (broad SMARTS) is 1. The van der Waals surface area contributed by atoms with Gasteiger partial charge in [-0.3, -0.25) is 9.59 Å². The van der Waals surface area contributed by atoms with Crippen molar-refractivity contribution in [1.29, 1.82) is 0 Å². The molecule has 1 atom stereocenters. The van der Waals surface area contributed by atoms with Crippen LogP contribution >= 0.6 is 11.6 Å². The molecule has 2 aromatic carbocycles. The fraction of sp³-hybridized carbons (Fsp3) is 0.333. The molecule has 1 aliphatic rings. The number of likely N-dealkylation sites (tertiary alicyclic amines) is 1. The number of carboxylic acids is 1. The molecule has 1 unspecified atom stereocenters. The molecule has 1 aliphatic heterocycles. The Morgan fingerprint density at radius 1 is 1.19 bits per heavy atom. The summed E-state index contributed by atoms with van der Waals surface area (Å²) in [5.74, 6) is -1.19. The first-order chi connectivity index (χ1) is 13.0. The van der Waals surface area contributed by atoms with Crippen LogP contribution < -0.4 is 0 Å². The number of hydrogen-bond donors (Lipinski definition) is 1. The lowest BCUT2D eigenvalue weighted by Crippen LogP contribution is -2.52. The summed E-state index contributed by atoms with van der Waals surface area (Å²) in [5, 5.41) is 10.1. The largest absolute Gasteiger partial charge is 0.481 e. The Hall–Kier alpha value is -2.37. The van der Waals surface area contributed by atoms with Crippen LogP contribution in [0.5, 0.6) is 0 Å². The van der Waals surface area contributed by atoms with Gasteiger partial charge in [-0.25, -0.2) is 0 Å². The minimum Gasteiger partial charge on any atom is -0.481 e. The standard InChI is InChI=1S/C21H22ClNO4/c1-27-14-21(20(25)26)10-5-11-23(13-21)19(24)17-12-16(8-9-18(17)22)15-6-3-2-4-7-15/h2-4,6-9,12H,5,10-11,13-14H2,1H3,(H,25,26). The number of nitrogens with zero attached hydrogens (tertiary/aromatic N) is 1. The van der Waals surface area contributed by atoms with E-state index < -0.39 is 11.4 Å². The summed E-state index contributed by atoms with van der Waals surface area (Å²) >= 11 is 6.30. The minimum absolute atomic E-state index is 0.0733. The zero-order chi connectivity index (χ0) is 19.4. The average molecular weight is 388 g/mol. The second-order valence-corrected chi connectivity index (χ2v) is 7.32. The van der Waals surface area contributed by atoms with E-state index in [-0.39, 0.29) is 19.1 Å². The van der Waals surface area contributed by atoms with E-state index in [9.17, 15) is 14.7 Å². The molecule has 0 spiro atoms. The monoisotopic (exact) mass is 387 g/mol. The van der Waals surface area contributed by atoms with Crippen LogP contribution in [0.2, 0.25) is 5.02 Å². The molecule has 0 aromatic heterocycles. The lowest BCUT2D eigenvalue weighted by atomic mass is 9.80. The Labute approximate surface area is 163 Å². The number of amides is 1. The number of rotatable bonds is 5. The third kappa shape index (κ3) is 3.99. The van der Waals surface area contributed by atoms with Crippen molar-refractivity contribution in [2.75, 3.05) is 26.8 Å². The molecule has 0 aliphatic carbocycles. The van der Waals surface area contributed by atoms with Gasteiger partial charge >= 0.3 is 5.97 Å². The number of hydrogen-bond acceptors (Lipinski definition) is 3. The van der Waals surface area contributed by atoms with Gasteiger partial charge in [0, 0.05) is 20.2 Å². The van der Waals surface area contributed by atoms with Crippen molar-refractivity contribution in [2.45, 2.75) is 12.8 Å². The number of ether oxygens (including phenoxy) is 1. The molecule has 3 rings (SSSR count). The first kappa shape index (κ1) is 19.4. The fourth-order valence-electron chi connectivity index (χ4n) is 3.61. The van der Waals surface area contributed by atoms with Crippen LogP contribution in [0.25, 0.3) is 11.1 Å². The van der Waals surface area contributed by atoms with Crippen LogP contribution in [-0.4, -0.2) is 48.7 Å². The van der Waals surface area contributed by atoms with Crippen LogP contribution in [-0.2, 0) is 9.53 Å². The number of halogens is 1. The minimum atomic E-state index is -1.08. The highest BCUT2D eigenvalue weighted by Gasteiger charge is 2.44. The summed E-state index contributed by atoms with van der Waals surface area (Å²) in [4.78, 5) is 26.5. The zero-order valence-corrected chi connectivity index (χ0v) is 15.9. The predicted molar refractivity (Wildman–Crippen MR) is 104 cm³/mol. The third-order valence-corrected chi connectivity index (χ3v) is 5.37. The van der Waals surface area contributed by atoms with Crippen molar-refractivity contribution < 1.29 is 19.4 Å². The van der Waals surface area contributed by atoms with Crippen molar-refractivity contribution in [3.8, 4) is 11.1 Å². The Bertz CT molecular complexity index is 835. The molecule has 5 nitrogen and oxygen atoms in total. The average Bonchev–Trinajstić information content (AvgIpc) is 2.69. The first-order valence-corrected chi connectivity index (χ1v) is 9.21. The molecular weight excluding hydrogens is 366 g/mol. The number of piperidine rings is 1. The van der Waals surface area contributed by atoms with E-state index >= 15 is 0 Å². The van der Waals surface area contributed by atoms with Gasteiger partial charge in [-0.1, -0.05) is 48.0 Å². The van der Waals surface area contributed by atoms with E-state index in [4.69, 9.17) is 16.3 Å². The molecular formula is C21H22ClNO4. The van der Waals surface area contributed by atoms with Gasteiger partial charge in [0.2, 0.25) is 0 Å². The van der Waals surface area contributed by atoms with Crippen molar-refractivity contribution in [3.05, 3.63) is 59.1 Å². The quantitative estimate of drug-likeness (QED) is 0.843. The molecule has 1 amide bonds. The topological polar surface area (TPSA) is 66.8 Å². The van der Waals surface area contributed by atoms with Crippen LogP contribution in [0.15, 0.2) is 48.5 Å². The molecule has 0 bridgehead atoms. The van der Waals surface area contributed by atoms with Gasteiger partial charge in [0.05, 0.1) is 17.2 Å². The highest BCUT2D eigenvalue weighted by atomic mass is 35.5. The molecule has 0 saturated carbocycles. The summed E-state index contributed by atoms with van der Waals surface area (Å²) in [6.07, 6.45) is 1.09. The van der Waals surface area contributed by atoms with E-state index in [0.29, 0.717) is 30.0 Å². The Morgan fingerprint density at radius 3 is 2.59 bits per heavy atom. The van der Waals surface area contributed by atoms with Gasteiger partial charge in [-0.15, -0.1) is 0 Å². The van der Waals surface area contributed by atoms with E-state index in [1.807, 2.05) is 36.4 Å². The maximum absolute atomic E-state index is 13.1. The summed E-state index contributed by atoms with van der Waals surface area (Å²) in [6, 6.07) is 15.1. The second-order valence-electron chi connectivity index (χ2n) is 6.91. The van der Waals surface area contributed by atoms with Gasteiger partial charge in [-0.2, -0.15) is 0 Å². The molecule has 6 heteroatoms. The number of carbonyl (C=O) groups excluding carboxylic acids is 1. The smallest absolute Gasteiger partial charge is 0.313 e. The number of benzene rings is 2. The first-order valence-electron chi connectivity index (χ1n) is 8.83. The molecule has 2 aromatic rings. The lowest BCUT2D eigenvalue weighted by Gasteiger charge is -2.39. The molecule has 27 heavy (non-hydrogen) atoms. The van der Waals surface area contributed by atoms with Gasteiger partial charge in [0.15, 0.2) is 0 Å². The highest BCUT2D eigenvalue weighted by Crippen LogP contribution is 2.33. The van der Waals surface area contributed by atoms with Gasteiger partial charge in [0.1, 0.15) is 5.41 Å². The second kappa shape index (κ2) is 8.11. The van der Waals surface area contributed by atoms with Crippen molar-refractivity contribution in [3.63, 3.8) is 0 Å². The van der Waals surface area contributed by atoms with Gasteiger partial charge < -0.3 is 14.7 Å². The molecule has 1 fully saturated rings. The number of methoxy groups -OCH3 is 1.